The molecule has 1 N–H and O–H groups in total. The lowest BCUT2D eigenvalue weighted by molar-refractivity contribution is 0.380. The molecule has 6 nitrogen and oxygen atoms in total. The molecule has 0 atom stereocenters. The number of thiophene rings is 1. The van der Waals surface area contributed by atoms with Gasteiger partial charge in [-0.05, 0) is 28.1 Å². The lowest BCUT2D eigenvalue weighted by atomic mass is 10.6. The third-order valence-electron chi connectivity index (χ3n) is 1.88. The first-order chi connectivity index (χ1) is 8.51. The molecule has 0 aromatic carbocycles. The quantitative estimate of drug-likeness (QED) is 0.913. The van der Waals surface area contributed by atoms with Crippen LogP contribution in [0.3, 0.4) is 0 Å². The fourth-order valence-corrected chi connectivity index (χ4v) is 4.16. The number of anilines is 1. The van der Waals surface area contributed by atoms with Crippen LogP contribution in [0.2, 0.25) is 0 Å². The molecule has 0 fully saturated rings. The maximum Gasteiger partial charge on any atom is 0.316 e. The molecule has 0 amide bonds. The van der Waals surface area contributed by atoms with Crippen molar-refractivity contribution < 1.29 is 13.2 Å². The molecule has 2 aromatic rings. The van der Waals surface area contributed by atoms with Gasteiger partial charge in [-0.3, -0.25) is 4.72 Å². The van der Waals surface area contributed by atoms with Gasteiger partial charge in [0, 0.05) is 0 Å². The zero-order valence-corrected chi connectivity index (χ0v) is 12.3. The van der Waals surface area contributed by atoms with Crippen molar-refractivity contribution >= 4 is 43.0 Å². The number of nitrogens with one attached hydrogen (secondary N) is 1. The zero-order chi connectivity index (χ0) is 13.2. The Morgan fingerprint density at radius 2 is 2.00 bits per heavy atom. The second-order valence-electron chi connectivity index (χ2n) is 3.12. The lowest BCUT2D eigenvalue weighted by Crippen LogP contribution is -2.11. The van der Waals surface area contributed by atoms with E-state index in [9.17, 15) is 8.42 Å². The summed E-state index contributed by atoms with van der Waals surface area (Å²) in [7, 11) is -2.16. The van der Waals surface area contributed by atoms with Gasteiger partial charge in [-0.25, -0.2) is 18.4 Å². The SMILES string of the molecule is COc1ncc(NS(=O)(=O)c2ccc(Br)s2)cn1. The third-order valence-corrected chi connectivity index (χ3v) is 5.37. The summed E-state index contributed by atoms with van der Waals surface area (Å²) in [6, 6.07) is 3.36. The first kappa shape index (κ1) is 13.2. The van der Waals surface area contributed by atoms with Gasteiger partial charge in [0.2, 0.25) is 0 Å². The Balaban J connectivity index is 2.22. The van der Waals surface area contributed by atoms with Crippen molar-refractivity contribution in [2.75, 3.05) is 11.8 Å². The lowest BCUT2D eigenvalue weighted by Gasteiger charge is -2.05. The molecule has 0 unspecified atom stereocenters. The smallest absolute Gasteiger partial charge is 0.316 e. The molecule has 0 saturated heterocycles. The van der Waals surface area contributed by atoms with E-state index < -0.39 is 10.0 Å². The first-order valence-electron chi connectivity index (χ1n) is 4.65. The average molecular weight is 350 g/mol. The third kappa shape index (κ3) is 2.98. The van der Waals surface area contributed by atoms with E-state index in [0.29, 0.717) is 0 Å². The molecule has 96 valence electrons. The fraction of sp³-hybridized carbons (Fsp3) is 0.111. The Hall–Kier alpha value is -1.19. The minimum absolute atomic E-state index is 0.178. The van der Waals surface area contributed by atoms with Crippen LogP contribution in [0.4, 0.5) is 5.69 Å². The number of aromatic nitrogens is 2. The topological polar surface area (TPSA) is 81.2 Å². The van der Waals surface area contributed by atoms with Crippen LogP contribution in [0, 0.1) is 0 Å². The van der Waals surface area contributed by atoms with Crippen LogP contribution in [-0.4, -0.2) is 25.5 Å². The highest BCUT2D eigenvalue weighted by Gasteiger charge is 2.16. The fourth-order valence-electron chi connectivity index (χ4n) is 1.12. The molecule has 0 aliphatic heterocycles. The molecule has 0 saturated carbocycles. The average Bonchev–Trinajstić information content (AvgIpc) is 2.77. The summed E-state index contributed by atoms with van der Waals surface area (Å²) in [5, 5.41) is 0. The highest BCUT2D eigenvalue weighted by Crippen LogP contribution is 2.27. The summed E-state index contributed by atoms with van der Waals surface area (Å²) in [5.41, 5.74) is 0.278. The Labute approximate surface area is 116 Å². The van der Waals surface area contributed by atoms with Gasteiger partial charge in [0.15, 0.2) is 0 Å². The van der Waals surface area contributed by atoms with E-state index in [2.05, 4.69) is 30.6 Å². The Morgan fingerprint density at radius 1 is 1.33 bits per heavy atom. The molecule has 2 heterocycles. The van der Waals surface area contributed by atoms with Gasteiger partial charge in [0.25, 0.3) is 10.0 Å². The number of methoxy groups -OCH3 is 1. The van der Waals surface area contributed by atoms with Gasteiger partial charge in [-0.1, -0.05) is 0 Å². The Bertz CT molecular complexity index is 639. The van der Waals surface area contributed by atoms with Crippen molar-refractivity contribution in [1.29, 1.82) is 0 Å². The summed E-state index contributed by atoms with van der Waals surface area (Å²) < 4.78 is 32.0. The van der Waals surface area contributed by atoms with E-state index in [0.717, 1.165) is 15.1 Å². The largest absolute Gasteiger partial charge is 0.467 e. The van der Waals surface area contributed by atoms with Crippen molar-refractivity contribution in [3.8, 4) is 6.01 Å². The van der Waals surface area contributed by atoms with E-state index in [4.69, 9.17) is 4.74 Å². The normalized spacial score (nSPS) is 11.2. The number of hydrogen-bond donors (Lipinski definition) is 1. The summed E-state index contributed by atoms with van der Waals surface area (Å²) in [5.74, 6) is 0. The van der Waals surface area contributed by atoms with Gasteiger partial charge in [-0.2, -0.15) is 0 Å². The highest BCUT2D eigenvalue weighted by molar-refractivity contribution is 9.11. The van der Waals surface area contributed by atoms with E-state index in [1.54, 1.807) is 6.07 Å². The Kier molecular flexibility index (Phi) is 3.83. The van der Waals surface area contributed by atoms with Crippen LogP contribution in [0.1, 0.15) is 0 Å². The molecule has 0 radical (unpaired) electrons. The number of ether oxygens (including phenoxy) is 1. The summed E-state index contributed by atoms with van der Waals surface area (Å²) >= 11 is 4.34. The molecule has 18 heavy (non-hydrogen) atoms. The highest BCUT2D eigenvalue weighted by atomic mass is 79.9. The van der Waals surface area contributed by atoms with Crippen LogP contribution in [0.15, 0.2) is 32.5 Å². The predicted molar refractivity (Wildman–Crippen MR) is 71.4 cm³/mol. The van der Waals surface area contributed by atoms with E-state index >= 15 is 0 Å². The second-order valence-corrected chi connectivity index (χ2v) is 7.49. The molecule has 2 aromatic heterocycles. The molecule has 0 bridgehead atoms. The number of rotatable bonds is 4. The van der Waals surface area contributed by atoms with E-state index in [1.807, 2.05) is 0 Å². The monoisotopic (exact) mass is 349 g/mol. The number of nitrogens with zero attached hydrogens (tertiary/aromatic N) is 2. The van der Waals surface area contributed by atoms with E-state index in [1.165, 1.54) is 25.6 Å². The standard InChI is InChI=1S/C9H8BrN3O3S2/c1-16-9-11-4-6(5-12-9)13-18(14,15)8-3-2-7(10)17-8/h2-5,13H,1H3. The van der Waals surface area contributed by atoms with Gasteiger partial charge >= 0.3 is 6.01 Å². The van der Waals surface area contributed by atoms with Crippen LogP contribution >= 0.6 is 27.3 Å². The molecule has 0 aliphatic carbocycles. The van der Waals surface area contributed by atoms with Gasteiger partial charge < -0.3 is 4.74 Å². The molecule has 2 rings (SSSR count). The summed E-state index contributed by atoms with van der Waals surface area (Å²) in [6.45, 7) is 0. The minimum atomic E-state index is -3.59. The zero-order valence-electron chi connectivity index (χ0n) is 9.12. The van der Waals surface area contributed by atoms with Crippen molar-refractivity contribution in [2.45, 2.75) is 4.21 Å². The molecule has 0 spiro atoms. The van der Waals surface area contributed by atoms with Crippen molar-refractivity contribution in [2.24, 2.45) is 0 Å². The molecular formula is C9H8BrN3O3S2. The minimum Gasteiger partial charge on any atom is -0.467 e. The second kappa shape index (κ2) is 5.21. The molecule has 9 heteroatoms. The van der Waals surface area contributed by atoms with Crippen LogP contribution < -0.4 is 9.46 Å². The van der Waals surface area contributed by atoms with Gasteiger partial charge in [0.05, 0.1) is 29.0 Å². The number of halogens is 1. The van der Waals surface area contributed by atoms with Crippen LogP contribution in [0.5, 0.6) is 6.01 Å². The predicted octanol–water partition coefficient (Wildman–Crippen LogP) is 2.11. The maximum absolute atomic E-state index is 12.0. The van der Waals surface area contributed by atoms with Gasteiger partial charge in [0.1, 0.15) is 4.21 Å². The van der Waals surface area contributed by atoms with Crippen LogP contribution in [-0.2, 0) is 10.0 Å². The van der Waals surface area contributed by atoms with Crippen molar-refractivity contribution in [3.05, 3.63) is 28.3 Å². The maximum atomic E-state index is 12.0. The molecular weight excluding hydrogens is 342 g/mol. The summed E-state index contributed by atoms with van der Waals surface area (Å²) in [6.07, 6.45) is 2.68. The van der Waals surface area contributed by atoms with E-state index in [-0.39, 0.29) is 15.9 Å². The summed E-state index contributed by atoms with van der Waals surface area (Å²) in [4.78, 5) is 7.63. The first-order valence-corrected chi connectivity index (χ1v) is 7.75. The number of sulfonamides is 1. The Morgan fingerprint density at radius 3 is 2.50 bits per heavy atom. The number of hydrogen-bond acceptors (Lipinski definition) is 6. The van der Waals surface area contributed by atoms with Crippen molar-refractivity contribution in [3.63, 3.8) is 0 Å². The van der Waals surface area contributed by atoms with Gasteiger partial charge in [-0.15, -0.1) is 11.3 Å². The van der Waals surface area contributed by atoms with Crippen molar-refractivity contribution in [1.82, 2.24) is 9.97 Å². The molecule has 0 aliphatic rings. The van der Waals surface area contributed by atoms with Crippen LogP contribution in [0.25, 0.3) is 0 Å².